The molecule has 6 amide bonds. The van der Waals surface area contributed by atoms with Crippen LogP contribution in [0.15, 0.2) is 48.5 Å². The van der Waals surface area contributed by atoms with Crippen molar-refractivity contribution < 1.29 is 47.8 Å². The van der Waals surface area contributed by atoms with E-state index in [4.69, 9.17) is 9.47 Å². The van der Waals surface area contributed by atoms with E-state index in [-0.39, 0.29) is 79.5 Å². The number of likely N-dealkylation sites (tertiary alicyclic amines) is 2. The van der Waals surface area contributed by atoms with Crippen molar-refractivity contribution in [3.63, 3.8) is 0 Å². The van der Waals surface area contributed by atoms with Crippen molar-refractivity contribution >= 4 is 72.2 Å². The number of carbonyl (C=O) groups is 8. The monoisotopic (exact) mass is 1060 g/mol. The smallest absolute Gasteiger partial charge is 0.306 e. The molecule has 2 aliphatic carbocycles. The van der Waals surface area contributed by atoms with Crippen LogP contribution in [0.25, 0.3) is 0 Å². The zero-order chi connectivity index (χ0) is 51.9. The van der Waals surface area contributed by atoms with E-state index in [9.17, 15) is 38.4 Å². The van der Waals surface area contributed by atoms with E-state index in [1.807, 2.05) is 90.1 Å². The molecule has 4 aliphatic rings. The van der Waals surface area contributed by atoms with E-state index in [1.165, 1.54) is 0 Å². The molecule has 73 heavy (non-hydrogen) atoms. The number of ether oxygens (including phenoxy) is 2. The van der Waals surface area contributed by atoms with Crippen LogP contribution in [0, 0.1) is 10.8 Å². The van der Waals surface area contributed by atoms with Crippen LogP contribution in [-0.4, -0.2) is 133 Å². The summed E-state index contributed by atoms with van der Waals surface area (Å²) in [6.45, 7) is 15.3. The molecule has 0 spiro atoms. The molecular weight excluding hydrogens is 980 g/mol. The average molecular weight is 1060 g/mol. The minimum atomic E-state index is -0.872. The van der Waals surface area contributed by atoms with Crippen molar-refractivity contribution in [3.8, 4) is 0 Å². The minimum absolute atomic E-state index is 0. The van der Waals surface area contributed by atoms with Gasteiger partial charge in [-0.1, -0.05) is 90.1 Å². The maximum atomic E-state index is 14.1. The topological polar surface area (TPSA) is 234 Å². The number of nitrogens with zero attached hydrogens (tertiary/aromatic N) is 2. The van der Waals surface area contributed by atoms with Gasteiger partial charge in [0.15, 0.2) is 0 Å². The first kappa shape index (κ1) is 60.3. The summed E-state index contributed by atoms with van der Waals surface area (Å²) in [7, 11) is 3.33. The maximum absolute atomic E-state index is 14.1. The molecule has 404 valence electrons. The lowest BCUT2D eigenvalue weighted by Crippen LogP contribution is -2.59. The Balaban J connectivity index is 0.00000578. The van der Waals surface area contributed by atoms with Gasteiger partial charge in [0.25, 0.3) is 0 Å². The summed E-state index contributed by atoms with van der Waals surface area (Å²) < 4.78 is 12.1. The lowest BCUT2D eigenvalue weighted by molar-refractivity contribution is -0.153. The van der Waals surface area contributed by atoms with E-state index < -0.39 is 83.3 Å². The molecule has 2 saturated heterocycles. The van der Waals surface area contributed by atoms with Crippen LogP contribution in [0.5, 0.6) is 0 Å². The summed E-state index contributed by atoms with van der Waals surface area (Å²) in [6.07, 6.45) is 1.24. The number of likely N-dealkylation sites (N-methyl/N-ethyl adjacent to an activating group) is 2. The van der Waals surface area contributed by atoms with Gasteiger partial charge in [0.05, 0.1) is 24.2 Å². The van der Waals surface area contributed by atoms with Crippen molar-refractivity contribution in [2.75, 3.05) is 27.2 Å². The largest absolute Gasteiger partial charge is 0.459 e. The molecule has 20 heteroatoms. The highest BCUT2D eigenvalue weighted by atomic mass is 35.5. The summed E-state index contributed by atoms with van der Waals surface area (Å²) >= 11 is 0. The zero-order valence-corrected chi connectivity index (χ0v) is 45.6. The SMILES string of the molecule is CN[C@@H](C)C(=O)N[C@H](C(=O)N1CCC[C@H]1C(=O)N[C@H]1c2ccccc2C[C@@H]1OC(=O)CCCC(=O)O[C@H]1Cc2ccccc2[C@@H]1NC(=O)[C@@H]1CCCN1C(=O)[C@@H](NC(=O)[C@H](C)NC)C(C)(C)C)C(C)(C)C.Cl.Cl. The Morgan fingerprint density at radius 3 is 1.29 bits per heavy atom. The van der Waals surface area contributed by atoms with Crippen LogP contribution in [0.3, 0.4) is 0 Å². The number of halogens is 2. The van der Waals surface area contributed by atoms with Gasteiger partial charge in [-0.15, -0.1) is 24.8 Å². The van der Waals surface area contributed by atoms with Gasteiger partial charge in [-0.05, 0) is 93.1 Å². The third-order valence-electron chi connectivity index (χ3n) is 14.4. The lowest BCUT2D eigenvalue weighted by Gasteiger charge is -2.36. The maximum Gasteiger partial charge on any atom is 0.306 e. The van der Waals surface area contributed by atoms with E-state index in [2.05, 4.69) is 31.9 Å². The van der Waals surface area contributed by atoms with Crippen LogP contribution in [0.4, 0.5) is 0 Å². The quantitative estimate of drug-likeness (QED) is 0.117. The predicted molar refractivity (Wildman–Crippen MR) is 279 cm³/mol. The van der Waals surface area contributed by atoms with Crippen molar-refractivity contribution in [1.82, 2.24) is 41.7 Å². The van der Waals surface area contributed by atoms with Crippen molar-refractivity contribution in [1.29, 1.82) is 0 Å². The molecule has 2 fully saturated rings. The molecule has 2 aromatic carbocycles. The second-order valence-electron chi connectivity index (χ2n) is 21.7. The van der Waals surface area contributed by atoms with E-state index in [1.54, 1.807) is 37.7 Å². The normalized spacial score (nSPS) is 22.7. The number of esters is 2. The molecule has 0 saturated carbocycles. The number of fused-ring (bicyclic) bond motifs is 2. The van der Waals surface area contributed by atoms with Gasteiger partial charge in [0.2, 0.25) is 35.4 Å². The van der Waals surface area contributed by atoms with Crippen LogP contribution in [0.1, 0.15) is 135 Å². The molecule has 2 aliphatic heterocycles. The summed E-state index contributed by atoms with van der Waals surface area (Å²) in [4.78, 5) is 112. The van der Waals surface area contributed by atoms with Crippen LogP contribution >= 0.6 is 24.8 Å². The van der Waals surface area contributed by atoms with Gasteiger partial charge in [-0.3, -0.25) is 38.4 Å². The van der Waals surface area contributed by atoms with Crippen molar-refractivity contribution in [2.45, 2.75) is 174 Å². The van der Waals surface area contributed by atoms with Crippen molar-refractivity contribution in [3.05, 3.63) is 70.8 Å². The molecule has 0 unspecified atom stereocenters. The van der Waals surface area contributed by atoms with Gasteiger partial charge in [0, 0.05) is 38.8 Å². The van der Waals surface area contributed by atoms with Crippen LogP contribution in [-0.2, 0) is 60.7 Å². The highest BCUT2D eigenvalue weighted by Crippen LogP contribution is 2.37. The number of rotatable bonds is 18. The molecule has 2 heterocycles. The Morgan fingerprint density at radius 2 is 0.945 bits per heavy atom. The zero-order valence-electron chi connectivity index (χ0n) is 44.0. The van der Waals surface area contributed by atoms with Crippen LogP contribution in [0.2, 0.25) is 0 Å². The Hall–Kier alpha value is -5.30. The molecular formula is C53H78Cl2N8O10. The van der Waals surface area contributed by atoms with Gasteiger partial charge in [-0.2, -0.15) is 0 Å². The number of hydrogen-bond acceptors (Lipinski definition) is 12. The third kappa shape index (κ3) is 14.5. The highest BCUT2D eigenvalue weighted by Gasteiger charge is 2.46. The second kappa shape index (κ2) is 25.8. The fourth-order valence-corrected chi connectivity index (χ4v) is 10.0. The molecule has 6 rings (SSSR count). The predicted octanol–water partition coefficient (Wildman–Crippen LogP) is 3.91. The summed E-state index contributed by atoms with van der Waals surface area (Å²) in [5.41, 5.74) is 2.17. The summed E-state index contributed by atoms with van der Waals surface area (Å²) in [6, 6.07) is 9.33. The molecule has 0 aromatic heterocycles. The number of carbonyl (C=O) groups excluding carboxylic acids is 8. The molecule has 0 radical (unpaired) electrons. The van der Waals surface area contributed by atoms with E-state index in [0.29, 0.717) is 51.6 Å². The molecule has 10 atom stereocenters. The van der Waals surface area contributed by atoms with Gasteiger partial charge in [0.1, 0.15) is 36.4 Å². The first-order valence-electron chi connectivity index (χ1n) is 25.3. The number of benzene rings is 2. The lowest BCUT2D eigenvalue weighted by atomic mass is 9.85. The Morgan fingerprint density at radius 1 is 0.589 bits per heavy atom. The first-order chi connectivity index (χ1) is 33.5. The number of hydrogen-bond donors (Lipinski definition) is 6. The number of nitrogens with one attached hydrogen (secondary N) is 6. The fourth-order valence-electron chi connectivity index (χ4n) is 10.0. The molecule has 18 nitrogen and oxygen atoms in total. The van der Waals surface area contributed by atoms with Crippen LogP contribution < -0.4 is 31.9 Å². The van der Waals surface area contributed by atoms with Crippen molar-refractivity contribution in [2.24, 2.45) is 10.8 Å². The van der Waals surface area contributed by atoms with Gasteiger partial charge >= 0.3 is 11.9 Å². The number of amides is 6. The Labute approximate surface area is 442 Å². The third-order valence-corrected chi connectivity index (χ3v) is 14.4. The summed E-state index contributed by atoms with van der Waals surface area (Å²) in [5, 5.41) is 17.8. The standard InChI is InChI=1S/C53H76N8O10.2ClH/c1-30(54-9)46(64)58-44(52(3,4)5)50(68)60-26-16-22-36(60)48(66)56-42-34-20-13-11-18-32(34)28-38(42)70-40(62)24-15-25-41(63)71-39-29-33-19-12-14-21-35(33)43(39)57-49(67)37-23-17-27-61(37)51(69)45(53(6,7)8)59-47(65)31(2)55-10;;/h11-14,18-21,30-31,36-39,42-45,54-55H,15-17,22-29H2,1-10H3,(H,56,66)(H,57,67)(H,58,64)(H,59,65);2*1H/t30-,31-,36-,37-,38-,39-,42-,43-,44+,45+;;/m0../s1. The highest BCUT2D eigenvalue weighted by molar-refractivity contribution is 5.95. The van der Waals surface area contributed by atoms with Gasteiger partial charge < -0.3 is 51.2 Å². The van der Waals surface area contributed by atoms with Gasteiger partial charge in [-0.25, -0.2) is 0 Å². The minimum Gasteiger partial charge on any atom is -0.459 e. The molecule has 2 aromatic rings. The fraction of sp³-hybridized carbons (Fsp3) is 0.623. The Kier molecular flexibility index (Phi) is 21.3. The van der Waals surface area contributed by atoms with E-state index in [0.717, 1.165) is 22.3 Å². The second-order valence-corrected chi connectivity index (χ2v) is 21.7. The molecule has 6 N–H and O–H groups in total. The Bertz CT molecular complexity index is 2170. The molecule has 0 bridgehead atoms. The van der Waals surface area contributed by atoms with E-state index >= 15 is 0 Å². The summed E-state index contributed by atoms with van der Waals surface area (Å²) in [5.74, 6) is -3.17. The first-order valence-corrected chi connectivity index (χ1v) is 25.3. The average Bonchev–Trinajstić information content (AvgIpc) is 4.14.